The van der Waals surface area contributed by atoms with Crippen molar-refractivity contribution >= 4 is 17.2 Å². The van der Waals surface area contributed by atoms with Crippen molar-refractivity contribution in [1.82, 2.24) is 9.97 Å². The molecule has 0 spiro atoms. The van der Waals surface area contributed by atoms with E-state index in [9.17, 15) is 4.79 Å². The van der Waals surface area contributed by atoms with E-state index in [-0.39, 0.29) is 5.75 Å². The van der Waals surface area contributed by atoms with Gasteiger partial charge in [0.2, 0.25) is 0 Å². The van der Waals surface area contributed by atoms with Gasteiger partial charge in [0.25, 0.3) is 0 Å². The molecular weight excluding hydrogens is 172 g/mol. The smallest absolute Gasteiger partial charge is 0.449 e. The summed E-state index contributed by atoms with van der Waals surface area (Å²) in [5, 5.41) is 9.15. The zero-order valence-corrected chi connectivity index (χ0v) is 6.52. The molecule has 5 nitrogen and oxygen atoms in total. The van der Waals surface area contributed by atoms with Gasteiger partial charge in [-0.25, -0.2) is 9.78 Å². The lowest BCUT2D eigenvalue weighted by atomic mass is 10.3. The Bertz CT molecular complexity index is 449. The van der Waals surface area contributed by atoms with Gasteiger partial charge in [0, 0.05) is 11.6 Å². The molecule has 0 unspecified atom stereocenters. The molecule has 0 atom stereocenters. The number of pyridine rings is 1. The molecule has 0 fully saturated rings. The number of aromatic nitrogens is 2. The molecule has 0 saturated carbocycles. The Morgan fingerprint density at radius 1 is 1.62 bits per heavy atom. The van der Waals surface area contributed by atoms with E-state index in [1.54, 1.807) is 18.3 Å². The van der Waals surface area contributed by atoms with Gasteiger partial charge in [-0.3, -0.25) is 0 Å². The largest absolute Gasteiger partial charge is 0.511 e. The first-order valence-electron chi connectivity index (χ1n) is 3.59. The van der Waals surface area contributed by atoms with Crippen LogP contribution >= 0.6 is 0 Å². The number of nitrogens with zero attached hydrogens (tertiary/aromatic N) is 1. The molecule has 0 aliphatic carbocycles. The molecule has 2 heterocycles. The minimum atomic E-state index is -1.34. The Morgan fingerprint density at radius 3 is 3.23 bits per heavy atom. The topological polar surface area (TPSA) is 75.2 Å². The summed E-state index contributed by atoms with van der Waals surface area (Å²) in [6.45, 7) is 0. The summed E-state index contributed by atoms with van der Waals surface area (Å²) >= 11 is 0. The summed E-state index contributed by atoms with van der Waals surface area (Å²) in [5.74, 6) is 0.222. The number of rotatable bonds is 1. The molecule has 0 saturated heterocycles. The fourth-order valence-corrected chi connectivity index (χ4v) is 1.08. The van der Waals surface area contributed by atoms with Crippen LogP contribution < -0.4 is 4.74 Å². The van der Waals surface area contributed by atoms with Crippen LogP contribution in [-0.2, 0) is 0 Å². The molecule has 0 radical (unpaired) electrons. The number of H-pyrrole nitrogens is 1. The highest BCUT2D eigenvalue weighted by atomic mass is 16.7. The lowest BCUT2D eigenvalue weighted by Gasteiger charge is -1.97. The van der Waals surface area contributed by atoms with Crippen molar-refractivity contribution in [2.24, 2.45) is 0 Å². The average Bonchev–Trinajstić information content (AvgIpc) is 2.49. The van der Waals surface area contributed by atoms with Crippen LogP contribution in [0.2, 0.25) is 0 Å². The predicted molar refractivity (Wildman–Crippen MR) is 44.7 cm³/mol. The molecule has 0 bridgehead atoms. The van der Waals surface area contributed by atoms with Crippen LogP contribution in [0, 0.1) is 0 Å². The molecule has 0 aliphatic rings. The van der Waals surface area contributed by atoms with Crippen LogP contribution in [-0.4, -0.2) is 21.2 Å². The zero-order chi connectivity index (χ0) is 9.26. The van der Waals surface area contributed by atoms with E-state index in [1.807, 2.05) is 0 Å². The van der Waals surface area contributed by atoms with Gasteiger partial charge < -0.3 is 14.8 Å². The lowest BCUT2D eigenvalue weighted by Crippen LogP contribution is -2.02. The van der Waals surface area contributed by atoms with E-state index < -0.39 is 6.16 Å². The molecule has 66 valence electrons. The molecule has 5 heteroatoms. The van der Waals surface area contributed by atoms with Crippen molar-refractivity contribution in [2.45, 2.75) is 0 Å². The van der Waals surface area contributed by atoms with Gasteiger partial charge in [-0.2, -0.15) is 0 Å². The van der Waals surface area contributed by atoms with Gasteiger partial charge in [0.05, 0.1) is 6.20 Å². The van der Waals surface area contributed by atoms with Gasteiger partial charge in [-0.1, -0.05) is 0 Å². The van der Waals surface area contributed by atoms with Crippen molar-refractivity contribution in [1.29, 1.82) is 0 Å². The summed E-state index contributed by atoms with van der Waals surface area (Å²) < 4.78 is 4.43. The number of hydrogen-bond acceptors (Lipinski definition) is 3. The second-order valence-electron chi connectivity index (χ2n) is 2.45. The molecule has 13 heavy (non-hydrogen) atoms. The van der Waals surface area contributed by atoms with Gasteiger partial charge >= 0.3 is 6.16 Å². The maximum Gasteiger partial charge on any atom is 0.511 e. The maximum absolute atomic E-state index is 10.2. The van der Waals surface area contributed by atoms with E-state index in [0.717, 1.165) is 5.39 Å². The maximum atomic E-state index is 10.2. The van der Waals surface area contributed by atoms with Crippen LogP contribution in [0.5, 0.6) is 5.75 Å². The molecule has 2 aromatic rings. The Kier molecular flexibility index (Phi) is 1.63. The Balaban J connectivity index is 2.42. The highest BCUT2D eigenvalue weighted by Crippen LogP contribution is 2.16. The normalized spacial score (nSPS) is 10.2. The van der Waals surface area contributed by atoms with Crippen molar-refractivity contribution in [3.63, 3.8) is 0 Å². The van der Waals surface area contributed by atoms with E-state index in [0.29, 0.717) is 5.65 Å². The fourth-order valence-electron chi connectivity index (χ4n) is 1.08. The molecule has 0 amide bonds. The van der Waals surface area contributed by atoms with Crippen LogP contribution in [0.25, 0.3) is 11.0 Å². The number of carboxylic acid groups (broad SMARTS) is 1. The third kappa shape index (κ3) is 1.44. The third-order valence-electron chi connectivity index (χ3n) is 1.58. The molecule has 0 aliphatic heterocycles. The third-order valence-corrected chi connectivity index (χ3v) is 1.58. The average molecular weight is 178 g/mol. The first-order valence-corrected chi connectivity index (χ1v) is 3.59. The SMILES string of the molecule is O=C(O)Oc1cnc2[nH]ccc2c1. The zero-order valence-electron chi connectivity index (χ0n) is 6.52. The summed E-state index contributed by atoms with van der Waals surface area (Å²) in [4.78, 5) is 17.0. The van der Waals surface area contributed by atoms with E-state index >= 15 is 0 Å². The first kappa shape index (κ1) is 7.60. The standard InChI is InChI=1S/C8H6N2O3/c11-8(12)13-6-3-5-1-2-9-7(5)10-4-6/h1-4H,(H,9,10)(H,11,12). The van der Waals surface area contributed by atoms with Gasteiger partial charge in [-0.15, -0.1) is 0 Å². The fraction of sp³-hybridized carbons (Fsp3) is 0. The molecule has 2 rings (SSSR count). The Morgan fingerprint density at radius 2 is 2.46 bits per heavy atom. The Labute approximate surface area is 73.0 Å². The minimum Gasteiger partial charge on any atom is -0.449 e. The number of fused-ring (bicyclic) bond motifs is 1. The lowest BCUT2D eigenvalue weighted by molar-refractivity contribution is 0.144. The van der Waals surface area contributed by atoms with Crippen molar-refractivity contribution in [2.75, 3.05) is 0 Å². The van der Waals surface area contributed by atoms with Crippen molar-refractivity contribution in [3.8, 4) is 5.75 Å². The molecular formula is C8H6N2O3. The molecule has 2 aromatic heterocycles. The number of aromatic amines is 1. The second kappa shape index (κ2) is 2.78. The van der Waals surface area contributed by atoms with Gasteiger partial charge in [-0.05, 0) is 12.1 Å². The monoisotopic (exact) mass is 178 g/mol. The van der Waals surface area contributed by atoms with Crippen LogP contribution in [0.3, 0.4) is 0 Å². The van der Waals surface area contributed by atoms with E-state index in [2.05, 4.69) is 14.7 Å². The van der Waals surface area contributed by atoms with Crippen molar-refractivity contribution in [3.05, 3.63) is 24.5 Å². The van der Waals surface area contributed by atoms with Gasteiger partial charge in [0.1, 0.15) is 5.65 Å². The summed E-state index contributed by atoms with van der Waals surface area (Å²) in [6, 6.07) is 3.39. The van der Waals surface area contributed by atoms with Crippen molar-refractivity contribution < 1.29 is 14.6 Å². The number of carbonyl (C=O) groups is 1. The van der Waals surface area contributed by atoms with Crippen LogP contribution in [0.4, 0.5) is 4.79 Å². The van der Waals surface area contributed by atoms with Gasteiger partial charge in [0.15, 0.2) is 5.75 Å². The summed E-state index contributed by atoms with van der Waals surface area (Å²) in [7, 11) is 0. The molecule has 0 aromatic carbocycles. The Hall–Kier alpha value is -2.04. The highest BCUT2D eigenvalue weighted by Gasteiger charge is 2.02. The van der Waals surface area contributed by atoms with Crippen LogP contribution in [0.15, 0.2) is 24.5 Å². The highest BCUT2D eigenvalue weighted by molar-refractivity contribution is 5.77. The molecule has 2 N–H and O–H groups in total. The summed E-state index contributed by atoms with van der Waals surface area (Å²) in [6.07, 6.45) is 1.74. The predicted octanol–water partition coefficient (Wildman–Crippen LogP) is 1.62. The number of hydrogen-bond donors (Lipinski definition) is 2. The number of nitrogens with one attached hydrogen (secondary N) is 1. The quantitative estimate of drug-likeness (QED) is 0.650. The van der Waals surface area contributed by atoms with E-state index in [4.69, 9.17) is 5.11 Å². The summed E-state index contributed by atoms with van der Waals surface area (Å²) in [5.41, 5.74) is 0.706. The second-order valence-corrected chi connectivity index (χ2v) is 2.45. The first-order chi connectivity index (χ1) is 6.25. The van der Waals surface area contributed by atoms with E-state index in [1.165, 1.54) is 6.20 Å². The number of ether oxygens (including phenoxy) is 1. The minimum absolute atomic E-state index is 0.222. The van der Waals surface area contributed by atoms with Crippen LogP contribution in [0.1, 0.15) is 0 Å².